The van der Waals surface area contributed by atoms with Crippen molar-refractivity contribution in [2.75, 3.05) is 0 Å². The van der Waals surface area contributed by atoms with E-state index in [9.17, 15) is 13.6 Å². The summed E-state index contributed by atoms with van der Waals surface area (Å²) in [6.45, 7) is 1.23. The first kappa shape index (κ1) is 27.4. The van der Waals surface area contributed by atoms with E-state index in [-0.39, 0.29) is 23.6 Å². The van der Waals surface area contributed by atoms with Crippen LogP contribution in [0, 0.1) is 11.6 Å². The maximum atomic E-state index is 14.5. The number of thiazole rings is 1. The predicted molar refractivity (Wildman–Crippen MR) is 155 cm³/mol. The molecule has 0 spiro atoms. The highest BCUT2D eigenvalue weighted by Gasteiger charge is 2.20. The van der Waals surface area contributed by atoms with Crippen LogP contribution in [0.4, 0.5) is 8.78 Å². The number of amides is 1. The van der Waals surface area contributed by atoms with Crippen LogP contribution in [0.2, 0.25) is 0 Å². The molecule has 0 aliphatic heterocycles. The molecule has 5 rings (SSSR count). The Morgan fingerprint density at radius 2 is 1.45 bits per heavy atom. The quantitative estimate of drug-likeness (QED) is 0.186. The molecule has 0 saturated heterocycles. The number of hydrogen-bond donors (Lipinski definition) is 1. The number of rotatable bonds is 11. The van der Waals surface area contributed by atoms with E-state index < -0.39 is 0 Å². The van der Waals surface area contributed by atoms with Crippen molar-refractivity contribution in [1.82, 2.24) is 15.2 Å². The van der Waals surface area contributed by atoms with E-state index >= 15 is 0 Å². The number of benzene rings is 4. The van der Waals surface area contributed by atoms with Gasteiger partial charge in [-0.3, -0.25) is 9.69 Å². The van der Waals surface area contributed by atoms with E-state index in [0.717, 1.165) is 21.7 Å². The van der Waals surface area contributed by atoms with Gasteiger partial charge in [0.1, 0.15) is 22.3 Å². The van der Waals surface area contributed by atoms with Crippen LogP contribution in [0.15, 0.2) is 115 Å². The van der Waals surface area contributed by atoms with E-state index in [4.69, 9.17) is 0 Å². The Morgan fingerprint density at radius 1 is 0.775 bits per heavy atom. The minimum absolute atomic E-state index is 0.211. The van der Waals surface area contributed by atoms with Crippen LogP contribution in [0.25, 0.3) is 0 Å². The molecule has 1 aromatic heterocycles. The number of carbonyl (C=O) groups is 1. The first-order chi connectivity index (χ1) is 19.5. The van der Waals surface area contributed by atoms with Crippen molar-refractivity contribution in [2.45, 2.75) is 32.1 Å². The number of aromatic nitrogens is 1. The van der Waals surface area contributed by atoms with E-state index in [0.29, 0.717) is 37.3 Å². The molecule has 1 N–H and O–H groups in total. The molecule has 0 radical (unpaired) electrons. The fourth-order valence-electron chi connectivity index (χ4n) is 4.58. The standard InChI is InChI=1S/C33H29F2N3OS/c34-28-17-15-25(16-18-28)20-38(21-27-13-7-8-14-29(27)35)22-32-36-31(23-40-32)33(39)37-30(26-11-5-2-6-12-26)19-24-9-3-1-4-10-24/h1-18,23,30H,19-22H2,(H,37,39). The van der Waals surface area contributed by atoms with Gasteiger partial charge >= 0.3 is 0 Å². The molecule has 202 valence electrons. The molecule has 0 saturated carbocycles. The van der Waals surface area contributed by atoms with Gasteiger partial charge < -0.3 is 5.32 Å². The van der Waals surface area contributed by atoms with Crippen molar-refractivity contribution >= 4 is 17.2 Å². The Hall–Kier alpha value is -4.20. The Kier molecular flexibility index (Phi) is 9.06. The normalized spacial score (nSPS) is 11.9. The molecule has 5 aromatic rings. The van der Waals surface area contributed by atoms with Crippen molar-refractivity contribution in [3.8, 4) is 0 Å². The van der Waals surface area contributed by atoms with E-state index in [1.807, 2.05) is 65.6 Å². The average Bonchev–Trinajstić information content (AvgIpc) is 3.45. The minimum Gasteiger partial charge on any atom is -0.344 e. The summed E-state index contributed by atoms with van der Waals surface area (Å²) in [7, 11) is 0. The van der Waals surface area contributed by atoms with Gasteiger partial charge in [0.25, 0.3) is 5.91 Å². The molecule has 0 aliphatic carbocycles. The summed E-state index contributed by atoms with van der Waals surface area (Å²) in [4.78, 5) is 20.0. The third-order valence-corrected chi connectivity index (χ3v) is 7.44. The summed E-state index contributed by atoms with van der Waals surface area (Å²) < 4.78 is 27.9. The Morgan fingerprint density at radius 3 is 2.17 bits per heavy atom. The van der Waals surface area contributed by atoms with E-state index in [2.05, 4.69) is 10.3 Å². The second-order valence-corrected chi connectivity index (χ2v) is 10.6. The van der Waals surface area contributed by atoms with Crippen molar-refractivity contribution in [3.63, 3.8) is 0 Å². The molecular formula is C33H29F2N3OS. The fourth-order valence-corrected chi connectivity index (χ4v) is 5.40. The molecule has 40 heavy (non-hydrogen) atoms. The summed E-state index contributed by atoms with van der Waals surface area (Å²) in [5.41, 5.74) is 3.96. The highest BCUT2D eigenvalue weighted by atomic mass is 32.1. The summed E-state index contributed by atoms with van der Waals surface area (Å²) in [5.74, 6) is -0.830. The molecule has 1 heterocycles. The van der Waals surface area contributed by atoms with Gasteiger partial charge in [0.15, 0.2) is 0 Å². The molecule has 4 aromatic carbocycles. The van der Waals surface area contributed by atoms with Crippen LogP contribution in [0.3, 0.4) is 0 Å². The van der Waals surface area contributed by atoms with Crippen LogP contribution in [-0.2, 0) is 26.1 Å². The number of nitrogens with zero attached hydrogens (tertiary/aromatic N) is 2. The van der Waals surface area contributed by atoms with Gasteiger partial charge in [-0.15, -0.1) is 11.3 Å². The highest BCUT2D eigenvalue weighted by Crippen LogP contribution is 2.22. The van der Waals surface area contributed by atoms with Gasteiger partial charge in [-0.05, 0) is 41.3 Å². The molecule has 0 aliphatic rings. The van der Waals surface area contributed by atoms with Gasteiger partial charge in [0, 0.05) is 24.0 Å². The number of hydrogen-bond acceptors (Lipinski definition) is 4. The van der Waals surface area contributed by atoms with Gasteiger partial charge in [-0.2, -0.15) is 0 Å². The lowest BCUT2D eigenvalue weighted by Crippen LogP contribution is -2.30. The van der Waals surface area contributed by atoms with Crippen LogP contribution < -0.4 is 5.32 Å². The SMILES string of the molecule is O=C(NC(Cc1ccccc1)c1ccccc1)c1csc(CN(Cc2ccc(F)cc2)Cc2ccccc2F)n1. The molecule has 0 fully saturated rings. The van der Waals surface area contributed by atoms with Crippen LogP contribution in [0.5, 0.6) is 0 Å². The fraction of sp³-hybridized carbons (Fsp3) is 0.152. The number of halogens is 2. The van der Waals surface area contributed by atoms with Crippen molar-refractivity contribution < 1.29 is 13.6 Å². The van der Waals surface area contributed by atoms with Crippen LogP contribution in [-0.4, -0.2) is 15.8 Å². The van der Waals surface area contributed by atoms with Gasteiger partial charge in [-0.25, -0.2) is 13.8 Å². The third-order valence-electron chi connectivity index (χ3n) is 6.60. The lowest BCUT2D eigenvalue weighted by molar-refractivity contribution is 0.0931. The summed E-state index contributed by atoms with van der Waals surface area (Å²) >= 11 is 1.39. The number of carbonyl (C=O) groups excluding carboxylic acids is 1. The topological polar surface area (TPSA) is 45.2 Å². The maximum absolute atomic E-state index is 14.5. The molecular weight excluding hydrogens is 524 g/mol. The zero-order chi connectivity index (χ0) is 27.7. The summed E-state index contributed by atoms with van der Waals surface area (Å²) in [6, 6.07) is 32.7. The molecule has 1 unspecified atom stereocenters. The van der Waals surface area contributed by atoms with E-state index in [1.54, 1.807) is 35.7 Å². The Labute approximate surface area is 237 Å². The number of nitrogens with one attached hydrogen (secondary N) is 1. The Bertz CT molecular complexity index is 1520. The zero-order valence-corrected chi connectivity index (χ0v) is 22.7. The van der Waals surface area contributed by atoms with E-state index in [1.165, 1.54) is 29.5 Å². The monoisotopic (exact) mass is 553 g/mol. The van der Waals surface area contributed by atoms with Crippen molar-refractivity contribution in [2.24, 2.45) is 0 Å². The predicted octanol–water partition coefficient (Wildman–Crippen LogP) is 7.34. The summed E-state index contributed by atoms with van der Waals surface area (Å²) in [5, 5.41) is 5.66. The van der Waals surface area contributed by atoms with Crippen LogP contribution >= 0.6 is 11.3 Å². The molecule has 0 bridgehead atoms. The molecule has 1 amide bonds. The molecule has 4 nitrogen and oxygen atoms in total. The second-order valence-electron chi connectivity index (χ2n) is 9.62. The maximum Gasteiger partial charge on any atom is 0.271 e. The lowest BCUT2D eigenvalue weighted by atomic mass is 9.99. The summed E-state index contributed by atoms with van der Waals surface area (Å²) in [6.07, 6.45) is 0.654. The lowest BCUT2D eigenvalue weighted by Gasteiger charge is -2.22. The highest BCUT2D eigenvalue weighted by molar-refractivity contribution is 7.09. The zero-order valence-electron chi connectivity index (χ0n) is 21.8. The third kappa shape index (κ3) is 7.46. The van der Waals surface area contributed by atoms with Crippen molar-refractivity contribution in [1.29, 1.82) is 0 Å². The van der Waals surface area contributed by atoms with Gasteiger partial charge in [-0.1, -0.05) is 91.0 Å². The smallest absolute Gasteiger partial charge is 0.271 e. The Balaban J connectivity index is 1.31. The minimum atomic E-state index is -0.305. The second kappa shape index (κ2) is 13.2. The molecule has 1 atom stereocenters. The van der Waals surface area contributed by atoms with Crippen molar-refractivity contribution in [3.05, 3.63) is 159 Å². The van der Waals surface area contributed by atoms with Gasteiger partial charge in [0.2, 0.25) is 0 Å². The average molecular weight is 554 g/mol. The first-order valence-electron chi connectivity index (χ1n) is 13.1. The largest absolute Gasteiger partial charge is 0.344 e. The first-order valence-corrected chi connectivity index (χ1v) is 14.0. The van der Waals surface area contributed by atoms with Crippen LogP contribution in [0.1, 0.15) is 43.8 Å². The molecule has 7 heteroatoms. The van der Waals surface area contributed by atoms with Gasteiger partial charge in [0.05, 0.1) is 12.6 Å².